The van der Waals surface area contributed by atoms with E-state index in [2.05, 4.69) is 36.8 Å². The van der Waals surface area contributed by atoms with Crippen molar-refractivity contribution in [3.05, 3.63) is 35.2 Å². The first-order valence-electron chi connectivity index (χ1n) is 6.73. The Bertz CT molecular complexity index is 692. The summed E-state index contributed by atoms with van der Waals surface area (Å²) in [6, 6.07) is 4.07. The fourth-order valence-corrected chi connectivity index (χ4v) is 3.21. The highest BCUT2D eigenvalue weighted by molar-refractivity contribution is 5.77. The molecule has 0 bridgehead atoms. The molecule has 0 unspecified atom stereocenters. The Morgan fingerprint density at radius 1 is 1.25 bits per heavy atom. The summed E-state index contributed by atoms with van der Waals surface area (Å²) < 4.78 is 5.43. The highest BCUT2D eigenvalue weighted by Crippen LogP contribution is 2.46. The zero-order chi connectivity index (χ0) is 14.5. The molecule has 4 nitrogen and oxygen atoms in total. The van der Waals surface area contributed by atoms with Gasteiger partial charge in [0.1, 0.15) is 17.9 Å². The van der Waals surface area contributed by atoms with Crippen molar-refractivity contribution < 1.29 is 4.74 Å². The number of anilines is 1. The highest BCUT2D eigenvalue weighted by atomic mass is 16.5. The molecule has 0 amide bonds. The Labute approximate surface area is 119 Å². The lowest BCUT2D eigenvalue weighted by Gasteiger charge is -2.34. The maximum absolute atomic E-state index is 6.09. The number of ether oxygens (including phenoxy) is 1. The fraction of sp³-hybridized carbons (Fsp3) is 0.375. The van der Waals surface area contributed by atoms with E-state index in [1.54, 1.807) is 13.4 Å². The molecule has 0 spiro atoms. The van der Waals surface area contributed by atoms with Gasteiger partial charge in [-0.3, -0.25) is 0 Å². The van der Waals surface area contributed by atoms with Crippen LogP contribution in [0, 0.1) is 6.92 Å². The first-order chi connectivity index (χ1) is 9.45. The molecule has 0 fully saturated rings. The van der Waals surface area contributed by atoms with Crippen molar-refractivity contribution in [1.29, 1.82) is 0 Å². The van der Waals surface area contributed by atoms with Crippen LogP contribution in [0.3, 0.4) is 0 Å². The molecular formula is C16H19N3O. The minimum atomic E-state index is -0.0786. The molecule has 0 atom stereocenters. The summed E-state index contributed by atoms with van der Waals surface area (Å²) in [6.07, 6.45) is 2.45. The molecule has 2 N–H and O–H groups in total. The third-order valence-corrected chi connectivity index (χ3v) is 4.20. The number of nitrogens with zero attached hydrogens (tertiary/aromatic N) is 2. The number of aromatic nitrogens is 2. The Kier molecular flexibility index (Phi) is 2.71. The number of fused-ring (bicyclic) bond motifs is 3. The maximum atomic E-state index is 6.09. The van der Waals surface area contributed by atoms with Crippen LogP contribution in [-0.2, 0) is 11.8 Å². The van der Waals surface area contributed by atoms with E-state index in [-0.39, 0.29) is 5.41 Å². The molecule has 1 heterocycles. The Hall–Kier alpha value is -2.10. The number of methoxy groups -OCH3 is 1. The van der Waals surface area contributed by atoms with Gasteiger partial charge in [0.25, 0.3) is 0 Å². The second-order valence-corrected chi connectivity index (χ2v) is 5.96. The number of benzene rings is 1. The van der Waals surface area contributed by atoms with E-state index < -0.39 is 0 Å². The van der Waals surface area contributed by atoms with Crippen molar-refractivity contribution in [2.45, 2.75) is 32.6 Å². The van der Waals surface area contributed by atoms with Crippen LogP contribution in [0.5, 0.6) is 5.75 Å². The van der Waals surface area contributed by atoms with Crippen molar-refractivity contribution in [1.82, 2.24) is 9.97 Å². The third-order valence-electron chi connectivity index (χ3n) is 4.20. The molecule has 0 saturated carbocycles. The molecule has 1 aliphatic carbocycles. The summed E-state index contributed by atoms with van der Waals surface area (Å²) in [7, 11) is 1.71. The second kappa shape index (κ2) is 4.20. The van der Waals surface area contributed by atoms with E-state index in [4.69, 9.17) is 10.5 Å². The summed E-state index contributed by atoms with van der Waals surface area (Å²) in [4.78, 5) is 8.64. The van der Waals surface area contributed by atoms with E-state index in [1.807, 2.05) is 6.07 Å². The Morgan fingerprint density at radius 2 is 2.00 bits per heavy atom. The van der Waals surface area contributed by atoms with Crippen LogP contribution in [0.15, 0.2) is 18.5 Å². The van der Waals surface area contributed by atoms with Gasteiger partial charge in [0, 0.05) is 11.1 Å². The molecule has 3 rings (SSSR count). The average molecular weight is 269 g/mol. The topological polar surface area (TPSA) is 61.0 Å². The van der Waals surface area contributed by atoms with Crippen molar-refractivity contribution >= 4 is 5.82 Å². The summed E-state index contributed by atoms with van der Waals surface area (Å²) in [5.41, 5.74) is 11.6. The molecular weight excluding hydrogens is 250 g/mol. The predicted octanol–water partition coefficient (Wildman–Crippen LogP) is 2.88. The van der Waals surface area contributed by atoms with E-state index in [1.165, 1.54) is 11.1 Å². The minimum absolute atomic E-state index is 0.0786. The van der Waals surface area contributed by atoms with Crippen LogP contribution in [0.1, 0.15) is 30.5 Å². The molecule has 0 aliphatic heterocycles. The van der Waals surface area contributed by atoms with Gasteiger partial charge < -0.3 is 10.5 Å². The van der Waals surface area contributed by atoms with Crippen LogP contribution in [0.4, 0.5) is 5.82 Å². The first kappa shape index (κ1) is 12.9. The number of hydrogen-bond donors (Lipinski definition) is 1. The largest absolute Gasteiger partial charge is 0.496 e. The molecule has 0 radical (unpaired) electrons. The molecule has 104 valence electrons. The van der Waals surface area contributed by atoms with Crippen LogP contribution >= 0.6 is 0 Å². The normalized spacial score (nSPS) is 15.4. The molecule has 20 heavy (non-hydrogen) atoms. The summed E-state index contributed by atoms with van der Waals surface area (Å²) >= 11 is 0. The maximum Gasteiger partial charge on any atom is 0.131 e. The monoisotopic (exact) mass is 269 g/mol. The van der Waals surface area contributed by atoms with Crippen molar-refractivity contribution in [3.63, 3.8) is 0 Å². The van der Waals surface area contributed by atoms with Crippen LogP contribution in [0.25, 0.3) is 11.3 Å². The van der Waals surface area contributed by atoms with Gasteiger partial charge in [-0.25, -0.2) is 9.97 Å². The fourth-order valence-electron chi connectivity index (χ4n) is 3.21. The lowest BCUT2D eigenvalue weighted by Crippen LogP contribution is -2.28. The Morgan fingerprint density at radius 3 is 2.70 bits per heavy atom. The lowest BCUT2D eigenvalue weighted by atomic mass is 9.71. The van der Waals surface area contributed by atoms with Gasteiger partial charge in [0.05, 0.1) is 12.8 Å². The molecule has 4 heteroatoms. The van der Waals surface area contributed by atoms with Gasteiger partial charge in [-0.2, -0.15) is 0 Å². The van der Waals surface area contributed by atoms with Crippen molar-refractivity contribution in [2.75, 3.05) is 12.8 Å². The molecule has 1 aromatic carbocycles. The standard InChI is InChI=1S/C16H19N3O/c1-9-11-7-16(2,3)13-14(18-8-19-15(13)17)10(11)5-6-12(9)20-4/h5-6,8H,7H2,1-4H3,(H2,17,18,19). The molecule has 2 aromatic rings. The summed E-state index contributed by atoms with van der Waals surface area (Å²) in [5.74, 6) is 1.50. The number of rotatable bonds is 1. The molecule has 1 aliphatic rings. The van der Waals surface area contributed by atoms with Gasteiger partial charge in [0.2, 0.25) is 0 Å². The lowest BCUT2D eigenvalue weighted by molar-refractivity contribution is 0.409. The zero-order valence-electron chi connectivity index (χ0n) is 12.3. The van der Waals surface area contributed by atoms with E-state index in [0.717, 1.165) is 29.0 Å². The molecule has 0 saturated heterocycles. The van der Waals surface area contributed by atoms with E-state index >= 15 is 0 Å². The van der Waals surface area contributed by atoms with Gasteiger partial charge >= 0.3 is 0 Å². The van der Waals surface area contributed by atoms with Gasteiger partial charge in [-0.15, -0.1) is 0 Å². The quantitative estimate of drug-likeness (QED) is 0.864. The highest BCUT2D eigenvalue weighted by Gasteiger charge is 2.35. The van der Waals surface area contributed by atoms with Gasteiger partial charge in [-0.1, -0.05) is 13.8 Å². The first-order valence-corrected chi connectivity index (χ1v) is 6.73. The molecule has 1 aromatic heterocycles. The van der Waals surface area contributed by atoms with Crippen molar-refractivity contribution in [2.24, 2.45) is 0 Å². The average Bonchev–Trinajstić information content (AvgIpc) is 2.39. The van der Waals surface area contributed by atoms with E-state index in [0.29, 0.717) is 5.82 Å². The van der Waals surface area contributed by atoms with Gasteiger partial charge in [0.15, 0.2) is 0 Å². The smallest absolute Gasteiger partial charge is 0.131 e. The number of nitrogen functional groups attached to an aromatic ring is 1. The second-order valence-electron chi connectivity index (χ2n) is 5.96. The van der Waals surface area contributed by atoms with Crippen LogP contribution in [0.2, 0.25) is 0 Å². The minimum Gasteiger partial charge on any atom is -0.496 e. The van der Waals surface area contributed by atoms with Crippen LogP contribution in [-0.4, -0.2) is 17.1 Å². The SMILES string of the molecule is COc1ccc2c(c1C)CC(C)(C)c1c(N)ncnc1-2. The van der Waals surface area contributed by atoms with Crippen LogP contribution < -0.4 is 10.5 Å². The number of nitrogens with two attached hydrogens (primary N) is 1. The van der Waals surface area contributed by atoms with Gasteiger partial charge in [-0.05, 0) is 42.0 Å². The van der Waals surface area contributed by atoms with Crippen molar-refractivity contribution in [3.8, 4) is 17.0 Å². The zero-order valence-corrected chi connectivity index (χ0v) is 12.3. The van der Waals surface area contributed by atoms with E-state index in [9.17, 15) is 0 Å². The number of hydrogen-bond acceptors (Lipinski definition) is 4. The third kappa shape index (κ3) is 1.68. The summed E-state index contributed by atoms with van der Waals surface area (Å²) in [5, 5.41) is 0. The Balaban J connectivity index is 2.35. The predicted molar refractivity (Wildman–Crippen MR) is 79.9 cm³/mol. The summed E-state index contributed by atoms with van der Waals surface area (Å²) in [6.45, 7) is 6.48.